The molecule has 60 heavy (non-hydrogen) atoms. The van der Waals surface area contributed by atoms with E-state index in [4.69, 9.17) is 4.42 Å². The number of anilines is 3. The van der Waals surface area contributed by atoms with E-state index in [1.165, 1.54) is 80.3 Å². The highest BCUT2D eigenvalue weighted by molar-refractivity contribution is 7.26. The molecule has 10 aromatic carbocycles. The van der Waals surface area contributed by atoms with Gasteiger partial charge in [0.05, 0.1) is 21.5 Å². The summed E-state index contributed by atoms with van der Waals surface area (Å²) < 4.78 is 9.78. The van der Waals surface area contributed by atoms with Crippen molar-refractivity contribution in [1.29, 1.82) is 0 Å². The molecule has 0 spiro atoms. The van der Waals surface area contributed by atoms with Gasteiger partial charge < -0.3 is 9.32 Å². The van der Waals surface area contributed by atoms with Crippen LogP contribution in [0.4, 0.5) is 17.1 Å². The van der Waals surface area contributed by atoms with Gasteiger partial charge >= 0.3 is 0 Å². The molecule has 0 fully saturated rings. The summed E-state index contributed by atoms with van der Waals surface area (Å²) in [4.78, 5) is 2.51. The molecule has 12 aromatic rings. The van der Waals surface area contributed by atoms with Crippen LogP contribution in [0.2, 0.25) is 0 Å². The fraction of sp³-hybridized carbons (Fsp3) is 0.0526. The number of nitrogens with zero attached hydrogens (tertiary/aromatic N) is 1. The van der Waals surface area contributed by atoms with Crippen LogP contribution in [0.25, 0.3) is 96.7 Å². The average molecular weight is 784 g/mol. The van der Waals surface area contributed by atoms with Gasteiger partial charge in [0.15, 0.2) is 0 Å². The number of fused-ring (bicyclic) bond motifs is 13. The zero-order valence-corrected chi connectivity index (χ0v) is 34.0. The van der Waals surface area contributed by atoms with Crippen molar-refractivity contribution in [2.45, 2.75) is 19.3 Å². The molecule has 282 valence electrons. The third-order valence-electron chi connectivity index (χ3n) is 13.2. The molecular formula is C57H37NOS. The standard InChI is InChI=1S/C57H37NOS/c1-57(2)47-24-11-9-21-41(47)42-30-29-36(33-48(42)57)58(50-26-13-23-44-43-22-10-12-28-52(43)60-56(44)50)49-25-14-27-51-54(49)46-32-35-16-4-6-18-38(35)53(55(46)59-51)45-31-34-15-3-5-17-37(34)39-19-7-8-20-40(39)45/h3-33H,1-2H3. The monoisotopic (exact) mass is 783 g/mol. The summed E-state index contributed by atoms with van der Waals surface area (Å²) in [7, 11) is 0. The molecule has 0 saturated heterocycles. The van der Waals surface area contributed by atoms with Crippen LogP contribution in [0.1, 0.15) is 25.0 Å². The Morgan fingerprint density at radius 2 is 1.10 bits per heavy atom. The van der Waals surface area contributed by atoms with E-state index >= 15 is 0 Å². The summed E-state index contributed by atoms with van der Waals surface area (Å²) in [5.41, 5.74) is 12.7. The summed E-state index contributed by atoms with van der Waals surface area (Å²) in [6.45, 7) is 4.73. The number of rotatable bonds is 4. The molecule has 1 aliphatic rings. The van der Waals surface area contributed by atoms with Crippen LogP contribution in [-0.4, -0.2) is 0 Å². The second kappa shape index (κ2) is 12.4. The Labute approximate surface area is 351 Å². The van der Waals surface area contributed by atoms with Crippen LogP contribution in [-0.2, 0) is 5.41 Å². The van der Waals surface area contributed by atoms with Crippen molar-refractivity contribution < 1.29 is 4.42 Å². The molecule has 3 heteroatoms. The van der Waals surface area contributed by atoms with Crippen molar-refractivity contribution in [2.24, 2.45) is 0 Å². The molecule has 13 rings (SSSR count). The normalized spacial score (nSPS) is 13.3. The Balaban J connectivity index is 1.14. The maximum atomic E-state index is 7.23. The first-order chi connectivity index (χ1) is 29.5. The van der Waals surface area contributed by atoms with Gasteiger partial charge in [-0.1, -0.05) is 153 Å². The van der Waals surface area contributed by atoms with E-state index in [-0.39, 0.29) is 5.41 Å². The van der Waals surface area contributed by atoms with Crippen LogP contribution in [0.5, 0.6) is 0 Å². The van der Waals surface area contributed by atoms with Crippen molar-refractivity contribution >= 4 is 103 Å². The Morgan fingerprint density at radius 1 is 0.450 bits per heavy atom. The van der Waals surface area contributed by atoms with Gasteiger partial charge in [-0.3, -0.25) is 0 Å². The lowest BCUT2D eigenvalue weighted by Crippen LogP contribution is -2.16. The fourth-order valence-corrected chi connectivity index (χ4v) is 11.7. The quantitative estimate of drug-likeness (QED) is 0.165. The summed E-state index contributed by atoms with van der Waals surface area (Å²) in [5.74, 6) is 0. The van der Waals surface area contributed by atoms with E-state index in [1.807, 2.05) is 11.3 Å². The lowest BCUT2D eigenvalue weighted by molar-refractivity contribution is 0.660. The third kappa shape index (κ3) is 4.64. The van der Waals surface area contributed by atoms with E-state index in [1.54, 1.807) is 0 Å². The van der Waals surface area contributed by atoms with Gasteiger partial charge in [-0.2, -0.15) is 0 Å². The molecule has 0 saturated carbocycles. The second-order valence-corrected chi connectivity index (χ2v) is 17.8. The van der Waals surface area contributed by atoms with E-state index in [0.717, 1.165) is 44.6 Å². The first kappa shape index (κ1) is 33.7. The lowest BCUT2D eigenvalue weighted by Gasteiger charge is -2.29. The van der Waals surface area contributed by atoms with Gasteiger partial charge in [0.2, 0.25) is 0 Å². The van der Waals surface area contributed by atoms with E-state index in [9.17, 15) is 0 Å². The number of thiophene rings is 1. The molecule has 0 atom stereocenters. The van der Waals surface area contributed by atoms with Crippen molar-refractivity contribution in [1.82, 2.24) is 0 Å². The van der Waals surface area contributed by atoms with Crippen molar-refractivity contribution in [3.05, 3.63) is 199 Å². The smallest absolute Gasteiger partial charge is 0.143 e. The van der Waals surface area contributed by atoms with Gasteiger partial charge in [0.1, 0.15) is 11.2 Å². The summed E-state index contributed by atoms with van der Waals surface area (Å²) in [6.07, 6.45) is 0. The van der Waals surface area contributed by atoms with Gasteiger partial charge in [-0.25, -0.2) is 0 Å². The highest BCUT2D eigenvalue weighted by Gasteiger charge is 2.36. The van der Waals surface area contributed by atoms with Crippen LogP contribution < -0.4 is 4.90 Å². The fourth-order valence-electron chi connectivity index (χ4n) is 10.5. The Kier molecular flexibility index (Phi) is 6.98. The highest BCUT2D eigenvalue weighted by atomic mass is 32.1. The molecule has 2 nitrogen and oxygen atoms in total. The number of hydrogen-bond acceptors (Lipinski definition) is 3. The van der Waals surface area contributed by atoms with Gasteiger partial charge in [-0.05, 0) is 109 Å². The van der Waals surface area contributed by atoms with Gasteiger partial charge in [0.25, 0.3) is 0 Å². The maximum absolute atomic E-state index is 7.23. The van der Waals surface area contributed by atoms with Crippen LogP contribution in [0, 0.1) is 0 Å². The Hall–Kier alpha value is -7.20. The Bertz CT molecular complexity index is 3770. The molecule has 2 aromatic heterocycles. The van der Waals surface area contributed by atoms with E-state index in [2.05, 4.69) is 207 Å². The molecule has 0 amide bonds. The molecule has 0 N–H and O–H groups in total. The minimum absolute atomic E-state index is 0.151. The largest absolute Gasteiger partial charge is 0.455 e. The number of hydrogen-bond donors (Lipinski definition) is 0. The maximum Gasteiger partial charge on any atom is 0.143 e. The lowest BCUT2D eigenvalue weighted by atomic mass is 9.82. The van der Waals surface area contributed by atoms with Crippen molar-refractivity contribution in [3.63, 3.8) is 0 Å². The van der Waals surface area contributed by atoms with E-state index in [0.29, 0.717) is 0 Å². The first-order valence-electron chi connectivity index (χ1n) is 20.8. The first-order valence-corrected chi connectivity index (χ1v) is 21.6. The second-order valence-electron chi connectivity index (χ2n) is 16.8. The van der Waals surface area contributed by atoms with Gasteiger partial charge in [0, 0.05) is 37.5 Å². The minimum Gasteiger partial charge on any atom is -0.455 e. The molecule has 0 aliphatic heterocycles. The minimum atomic E-state index is -0.151. The molecular weight excluding hydrogens is 747 g/mol. The van der Waals surface area contributed by atoms with Crippen molar-refractivity contribution in [3.8, 4) is 22.3 Å². The molecule has 0 unspecified atom stereocenters. The molecule has 0 radical (unpaired) electrons. The SMILES string of the molecule is CC1(C)c2ccccc2-c2ccc(N(c3cccc4c3sc3ccccc34)c3cccc4oc5c(-c6cc7ccccc7c7ccccc67)c6ccccc6cc5c34)cc21. The van der Waals surface area contributed by atoms with Crippen LogP contribution >= 0.6 is 11.3 Å². The van der Waals surface area contributed by atoms with Crippen molar-refractivity contribution in [2.75, 3.05) is 4.90 Å². The molecule has 0 bridgehead atoms. The van der Waals surface area contributed by atoms with Crippen LogP contribution in [0.15, 0.2) is 192 Å². The number of benzene rings is 10. The molecule has 1 aliphatic carbocycles. The van der Waals surface area contributed by atoms with E-state index < -0.39 is 0 Å². The summed E-state index contributed by atoms with van der Waals surface area (Å²) in [5, 5.41) is 12.1. The molecule has 2 heterocycles. The highest BCUT2D eigenvalue weighted by Crippen LogP contribution is 2.54. The number of furan rings is 1. The topological polar surface area (TPSA) is 16.4 Å². The third-order valence-corrected chi connectivity index (χ3v) is 14.4. The zero-order valence-electron chi connectivity index (χ0n) is 33.2. The predicted octanol–water partition coefficient (Wildman–Crippen LogP) is 16.9. The summed E-state index contributed by atoms with van der Waals surface area (Å²) in [6, 6.07) is 69.3. The Morgan fingerprint density at radius 3 is 1.97 bits per heavy atom. The zero-order chi connectivity index (χ0) is 39.7. The summed E-state index contributed by atoms with van der Waals surface area (Å²) >= 11 is 1.87. The van der Waals surface area contributed by atoms with Crippen LogP contribution in [0.3, 0.4) is 0 Å². The van der Waals surface area contributed by atoms with Gasteiger partial charge in [-0.15, -0.1) is 11.3 Å². The predicted molar refractivity (Wildman–Crippen MR) is 257 cm³/mol. The average Bonchev–Trinajstić information content (AvgIpc) is 3.94.